The number of carbonyl (C=O) groups excluding carboxylic acids is 2. The molecule has 0 aromatic heterocycles. The molecule has 0 radical (unpaired) electrons. The van der Waals surface area contributed by atoms with Gasteiger partial charge in [0.1, 0.15) is 6.04 Å². The summed E-state index contributed by atoms with van der Waals surface area (Å²) < 4.78 is 5.16. The molecule has 21 heavy (non-hydrogen) atoms. The van der Waals surface area contributed by atoms with Gasteiger partial charge < -0.3 is 25.8 Å². The second kappa shape index (κ2) is 6.75. The highest BCUT2D eigenvalue weighted by Crippen LogP contribution is 2.25. The van der Waals surface area contributed by atoms with Crippen LogP contribution < -0.4 is 11.1 Å². The van der Waals surface area contributed by atoms with Gasteiger partial charge in [-0.3, -0.25) is 9.59 Å². The summed E-state index contributed by atoms with van der Waals surface area (Å²) in [4.78, 5) is 36.2. The molecule has 8 heteroatoms. The monoisotopic (exact) mass is 299 g/mol. The number of nitrogens with one attached hydrogen (secondary N) is 1. The summed E-state index contributed by atoms with van der Waals surface area (Å²) in [7, 11) is 0. The Hall–Kier alpha value is -1.83. The number of primary amides is 1. The van der Waals surface area contributed by atoms with Crippen LogP contribution in [0.15, 0.2) is 0 Å². The van der Waals surface area contributed by atoms with Crippen LogP contribution in [-0.2, 0) is 14.3 Å². The van der Waals surface area contributed by atoms with Crippen molar-refractivity contribution in [2.75, 3.05) is 19.8 Å². The van der Waals surface area contributed by atoms with Crippen LogP contribution >= 0.6 is 0 Å². The minimum atomic E-state index is -0.895. The number of rotatable bonds is 3. The molecule has 3 amide bonds. The first-order valence-electron chi connectivity index (χ1n) is 7.17. The van der Waals surface area contributed by atoms with E-state index in [2.05, 4.69) is 5.32 Å². The highest BCUT2D eigenvalue weighted by atomic mass is 16.5. The van der Waals surface area contributed by atoms with Crippen LogP contribution in [0.1, 0.15) is 25.7 Å². The number of carboxylic acid groups (broad SMARTS) is 1. The zero-order chi connectivity index (χ0) is 15.4. The van der Waals surface area contributed by atoms with Gasteiger partial charge >= 0.3 is 12.0 Å². The van der Waals surface area contributed by atoms with Gasteiger partial charge in [0, 0.05) is 12.6 Å². The summed E-state index contributed by atoms with van der Waals surface area (Å²) in [6, 6.07) is -1.65. The third-order valence-corrected chi connectivity index (χ3v) is 4.11. The van der Waals surface area contributed by atoms with E-state index in [0.717, 1.165) is 12.8 Å². The molecule has 118 valence electrons. The lowest BCUT2D eigenvalue weighted by molar-refractivity contribution is -0.143. The lowest BCUT2D eigenvalue weighted by atomic mass is 9.84. The number of nitrogens with two attached hydrogens (primary N) is 1. The van der Waals surface area contributed by atoms with Crippen molar-refractivity contribution in [3.8, 4) is 0 Å². The summed E-state index contributed by atoms with van der Waals surface area (Å²) in [5.74, 6) is -2.09. The Morgan fingerprint density at radius 2 is 1.95 bits per heavy atom. The largest absolute Gasteiger partial charge is 0.481 e. The molecule has 2 aliphatic rings. The summed E-state index contributed by atoms with van der Waals surface area (Å²) in [5.41, 5.74) is 5.27. The molecule has 1 aliphatic heterocycles. The molecule has 3 unspecified atom stereocenters. The third kappa shape index (κ3) is 3.63. The molecule has 1 saturated carbocycles. The van der Waals surface area contributed by atoms with E-state index in [1.807, 2.05) is 0 Å². The van der Waals surface area contributed by atoms with Crippen molar-refractivity contribution in [2.45, 2.75) is 37.8 Å². The molecule has 3 atom stereocenters. The van der Waals surface area contributed by atoms with E-state index in [-0.39, 0.29) is 13.2 Å². The van der Waals surface area contributed by atoms with Crippen LogP contribution in [0, 0.1) is 5.92 Å². The van der Waals surface area contributed by atoms with Crippen molar-refractivity contribution in [1.82, 2.24) is 10.2 Å². The molecule has 1 heterocycles. The zero-order valence-corrected chi connectivity index (χ0v) is 11.8. The van der Waals surface area contributed by atoms with Gasteiger partial charge in [0.05, 0.1) is 19.1 Å². The topological polar surface area (TPSA) is 122 Å². The summed E-state index contributed by atoms with van der Waals surface area (Å²) in [5, 5.41) is 12.0. The first-order valence-corrected chi connectivity index (χ1v) is 7.17. The van der Waals surface area contributed by atoms with Crippen molar-refractivity contribution < 1.29 is 24.2 Å². The molecule has 0 spiro atoms. The van der Waals surface area contributed by atoms with E-state index in [0.29, 0.717) is 19.4 Å². The number of aliphatic carboxylic acids is 1. The molecular formula is C13H21N3O5. The van der Waals surface area contributed by atoms with Crippen molar-refractivity contribution in [3.63, 3.8) is 0 Å². The Kier molecular flexibility index (Phi) is 5.00. The number of ether oxygens (including phenoxy) is 1. The van der Waals surface area contributed by atoms with Gasteiger partial charge in [-0.2, -0.15) is 0 Å². The van der Waals surface area contributed by atoms with Gasteiger partial charge in [0.15, 0.2) is 0 Å². The highest BCUT2D eigenvalue weighted by Gasteiger charge is 2.36. The number of morpholine rings is 1. The van der Waals surface area contributed by atoms with Gasteiger partial charge in [0.2, 0.25) is 5.91 Å². The van der Waals surface area contributed by atoms with Crippen molar-refractivity contribution in [3.05, 3.63) is 0 Å². The minimum absolute atomic E-state index is 0.0791. The maximum atomic E-state index is 12.3. The van der Waals surface area contributed by atoms with Gasteiger partial charge in [0.25, 0.3) is 0 Å². The Morgan fingerprint density at radius 3 is 2.62 bits per heavy atom. The molecule has 0 bridgehead atoms. The average Bonchev–Trinajstić information content (AvgIpc) is 2.47. The summed E-state index contributed by atoms with van der Waals surface area (Å²) >= 11 is 0. The fourth-order valence-electron chi connectivity index (χ4n) is 2.92. The van der Waals surface area contributed by atoms with Gasteiger partial charge in [-0.15, -0.1) is 0 Å². The second-order valence-corrected chi connectivity index (χ2v) is 5.47. The van der Waals surface area contributed by atoms with Crippen molar-refractivity contribution in [2.24, 2.45) is 11.7 Å². The van der Waals surface area contributed by atoms with E-state index in [1.54, 1.807) is 0 Å². The maximum Gasteiger partial charge on any atom is 0.318 e. The van der Waals surface area contributed by atoms with Crippen LogP contribution in [0.2, 0.25) is 0 Å². The number of carbonyl (C=O) groups is 3. The molecule has 0 aromatic rings. The number of amides is 3. The van der Waals surface area contributed by atoms with Crippen LogP contribution in [0.3, 0.4) is 0 Å². The molecule has 2 fully saturated rings. The maximum absolute atomic E-state index is 12.3. The zero-order valence-electron chi connectivity index (χ0n) is 11.8. The highest BCUT2D eigenvalue weighted by molar-refractivity contribution is 5.86. The van der Waals surface area contributed by atoms with E-state index in [9.17, 15) is 19.5 Å². The Balaban J connectivity index is 2.01. The smallest absolute Gasteiger partial charge is 0.318 e. The van der Waals surface area contributed by atoms with Gasteiger partial charge in [-0.25, -0.2) is 4.79 Å². The van der Waals surface area contributed by atoms with Crippen LogP contribution in [-0.4, -0.2) is 59.8 Å². The average molecular weight is 299 g/mol. The van der Waals surface area contributed by atoms with E-state index < -0.39 is 35.9 Å². The molecular weight excluding hydrogens is 278 g/mol. The summed E-state index contributed by atoms with van der Waals surface area (Å²) in [6.45, 7) is 0.684. The molecule has 1 saturated heterocycles. The SMILES string of the molecule is NC(=O)C1COCCN1C(=O)NC1CCCCC1C(=O)O. The predicted octanol–water partition coefficient (Wildman–Crippen LogP) is -0.474. The number of hydrogen-bond donors (Lipinski definition) is 3. The van der Waals surface area contributed by atoms with E-state index >= 15 is 0 Å². The molecule has 2 rings (SSSR count). The standard InChI is InChI=1S/C13H21N3O5/c14-11(17)10-7-21-6-5-16(10)13(20)15-9-4-2-1-3-8(9)12(18)19/h8-10H,1-7H2,(H2,14,17)(H,15,20)(H,18,19). The van der Waals surface area contributed by atoms with Crippen molar-refractivity contribution >= 4 is 17.9 Å². The van der Waals surface area contributed by atoms with Gasteiger partial charge in [-0.1, -0.05) is 12.8 Å². The lowest BCUT2D eigenvalue weighted by Gasteiger charge is -2.36. The molecule has 4 N–H and O–H groups in total. The molecule has 0 aromatic carbocycles. The number of urea groups is 1. The lowest BCUT2D eigenvalue weighted by Crippen LogP contribution is -2.59. The first-order chi connectivity index (χ1) is 10.0. The van der Waals surface area contributed by atoms with Crippen LogP contribution in [0.5, 0.6) is 0 Å². The molecule has 8 nitrogen and oxygen atoms in total. The number of carboxylic acids is 1. The van der Waals surface area contributed by atoms with Gasteiger partial charge in [-0.05, 0) is 12.8 Å². The number of nitrogens with zero attached hydrogens (tertiary/aromatic N) is 1. The predicted molar refractivity (Wildman–Crippen MR) is 72.4 cm³/mol. The quantitative estimate of drug-likeness (QED) is 0.650. The fourth-order valence-corrected chi connectivity index (χ4v) is 2.92. The van der Waals surface area contributed by atoms with Crippen molar-refractivity contribution in [1.29, 1.82) is 0 Å². The Morgan fingerprint density at radius 1 is 1.24 bits per heavy atom. The van der Waals surface area contributed by atoms with Crippen LogP contribution in [0.4, 0.5) is 4.79 Å². The molecule has 1 aliphatic carbocycles. The fraction of sp³-hybridized carbons (Fsp3) is 0.769. The normalized spacial score (nSPS) is 29.7. The van der Waals surface area contributed by atoms with E-state index in [4.69, 9.17) is 10.5 Å². The summed E-state index contributed by atoms with van der Waals surface area (Å²) in [6.07, 6.45) is 2.93. The van der Waals surface area contributed by atoms with E-state index in [1.165, 1.54) is 4.90 Å². The van der Waals surface area contributed by atoms with Crippen LogP contribution in [0.25, 0.3) is 0 Å². The minimum Gasteiger partial charge on any atom is -0.481 e. The Bertz CT molecular complexity index is 428. The first kappa shape index (κ1) is 15.6. The second-order valence-electron chi connectivity index (χ2n) is 5.47. The third-order valence-electron chi connectivity index (χ3n) is 4.11. The Labute approximate surface area is 122 Å². The number of hydrogen-bond acceptors (Lipinski definition) is 4.